The molecule has 1 aromatic heterocycles. The lowest BCUT2D eigenvalue weighted by Crippen LogP contribution is -2.35. The average Bonchev–Trinajstić information content (AvgIpc) is 3.59. The molecular formula is C26H33N7O3S. The Hall–Kier alpha value is -3.15. The number of carbonyl (C=O) groups is 1. The highest BCUT2D eigenvalue weighted by molar-refractivity contribution is 7.99. The van der Waals surface area contributed by atoms with Crippen molar-refractivity contribution in [1.82, 2.24) is 25.1 Å². The van der Waals surface area contributed by atoms with Gasteiger partial charge in [-0.1, -0.05) is 18.9 Å². The number of amides is 1. The Bertz CT molecular complexity index is 1240. The fraction of sp³-hybridized carbons (Fsp3) is 0.462. The fourth-order valence-electron chi connectivity index (χ4n) is 5.00. The first-order chi connectivity index (χ1) is 18.0. The van der Waals surface area contributed by atoms with Crippen molar-refractivity contribution in [3.63, 3.8) is 0 Å². The van der Waals surface area contributed by atoms with Gasteiger partial charge < -0.3 is 15.0 Å². The van der Waals surface area contributed by atoms with Crippen molar-refractivity contribution in [1.29, 1.82) is 0 Å². The smallest absolute Gasteiger partial charge is 0.256 e. The van der Waals surface area contributed by atoms with Gasteiger partial charge in [0.05, 0.1) is 16.9 Å². The lowest BCUT2D eigenvalue weighted by molar-refractivity contribution is 0.101. The molecule has 10 nitrogen and oxygen atoms in total. The number of aromatic nitrogens is 4. The quantitative estimate of drug-likeness (QED) is 0.366. The number of anilines is 2. The zero-order valence-corrected chi connectivity index (χ0v) is 22.0. The van der Waals surface area contributed by atoms with E-state index in [1.54, 1.807) is 29.9 Å². The number of rotatable bonds is 8. The van der Waals surface area contributed by atoms with Crippen LogP contribution in [0.5, 0.6) is 5.75 Å². The molecule has 11 heteroatoms. The van der Waals surface area contributed by atoms with Gasteiger partial charge in [0.15, 0.2) is 0 Å². The highest BCUT2D eigenvalue weighted by atomic mass is 32.2. The number of tetrazole rings is 1. The number of hydrogen-bond donors (Lipinski definition) is 3. The molecule has 1 saturated carbocycles. The van der Waals surface area contributed by atoms with Crippen LogP contribution >= 0.6 is 11.8 Å². The first kappa shape index (κ1) is 25.5. The molecule has 0 radical (unpaired) electrons. The zero-order chi connectivity index (χ0) is 25.8. The van der Waals surface area contributed by atoms with Gasteiger partial charge in [0, 0.05) is 25.0 Å². The maximum absolute atomic E-state index is 13.6. The van der Waals surface area contributed by atoms with Crippen molar-refractivity contribution in [3.8, 4) is 5.75 Å². The van der Waals surface area contributed by atoms with Crippen LogP contribution in [0.1, 0.15) is 60.4 Å². The standard InChI is InChI=1S/C26H33N7O3S/c1-32-13-11-20(12-14-32)36-23-15-18(17-5-3-4-6-17)7-9-22(23)27-25(34)21-16-19(29-35)8-10-24(21)37-26-28-30-31-33(26)2/h7-10,15-17,20,29,35H,3-6,11-14H2,1-2H3,(H,27,34). The molecule has 37 heavy (non-hydrogen) atoms. The lowest BCUT2D eigenvalue weighted by Gasteiger charge is -2.30. The van der Waals surface area contributed by atoms with Gasteiger partial charge in [0.2, 0.25) is 5.16 Å². The van der Waals surface area contributed by atoms with Gasteiger partial charge in [-0.2, -0.15) is 0 Å². The van der Waals surface area contributed by atoms with E-state index in [0.29, 0.717) is 32.9 Å². The average molecular weight is 524 g/mol. The first-order valence-electron chi connectivity index (χ1n) is 12.7. The van der Waals surface area contributed by atoms with E-state index >= 15 is 0 Å². The van der Waals surface area contributed by atoms with Gasteiger partial charge in [-0.05, 0) is 96.7 Å². The van der Waals surface area contributed by atoms with Crippen molar-refractivity contribution in [2.75, 3.05) is 30.9 Å². The Kier molecular flexibility index (Phi) is 7.92. The molecule has 2 fully saturated rings. The van der Waals surface area contributed by atoms with E-state index in [1.807, 2.05) is 6.07 Å². The van der Waals surface area contributed by atoms with E-state index in [0.717, 1.165) is 31.7 Å². The van der Waals surface area contributed by atoms with Crippen molar-refractivity contribution in [2.45, 2.75) is 60.6 Å². The minimum atomic E-state index is -0.309. The number of carbonyl (C=O) groups excluding carboxylic acids is 1. The van der Waals surface area contributed by atoms with E-state index in [2.05, 4.69) is 50.4 Å². The van der Waals surface area contributed by atoms with Gasteiger partial charge >= 0.3 is 0 Å². The molecule has 2 heterocycles. The van der Waals surface area contributed by atoms with Crippen molar-refractivity contribution >= 4 is 29.0 Å². The number of nitrogens with zero attached hydrogens (tertiary/aromatic N) is 5. The van der Waals surface area contributed by atoms with E-state index in [9.17, 15) is 10.0 Å². The molecule has 5 rings (SSSR count). The van der Waals surface area contributed by atoms with Gasteiger partial charge in [-0.3, -0.25) is 15.5 Å². The number of aryl methyl sites for hydroxylation is 1. The van der Waals surface area contributed by atoms with Crippen LogP contribution in [-0.2, 0) is 7.05 Å². The van der Waals surface area contributed by atoms with E-state index < -0.39 is 0 Å². The summed E-state index contributed by atoms with van der Waals surface area (Å²) in [7, 11) is 3.87. The molecule has 2 aliphatic rings. The molecule has 3 aromatic rings. The molecular weight excluding hydrogens is 490 g/mol. The first-order valence-corrected chi connectivity index (χ1v) is 13.6. The molecule has 2 aromatic carbocycles. The minimum absolute atomic E-state index is 0.113. The molecule has 196 valence electrons. The highest BCUT2D eigenvalue weighted by Gasteiger charge is 2.24. The number of piperidine rings is 1. The summed E-state index contributed by atoms with van der Waals surface area (Å²) in [5.74, 6) is 0.951. The van der Waals surface area contributed by atoms with Crippen molar-refractivity contribution in [2.24, 2.45) is 7.05 Å². The Balaban J connectivity index is 1.42. The topological polar surface area (TPSA) is 117 Å². The number of benzene rings is 2. The van der Waals surface area contributed by atoms with E-state index in [-0.39, 0.29) is 12.0 Å². The molecule has 1 aliphatic carbocycles. The van der Waals surface area contributed by atoms with Crippen LogP contribution in [0.15, 0.2) is 46.5 Å². The number of nitrogens with one attached hydrogen (secondary N) is 2. The third kappa shape index (κ3) is 6.06. The Labute approximate surface area is 220 Å². The normalized spacial score (nSPS) is 17.2. The molecule has 1 saturated heterocycles. The lowest BCUT2D eigenvalue weighted by atomic mass is 9.97. The number of ether oxygens (including phenoxy) is 1. The second-order valence-electron chi connectivity index (χ2n) is 9.82. The van der Waals surface area contributed by atoms with Crippen LogP contribution in [0.2, 0.25) is 0 Å². The summed E-state index contributed by atoms with van der Waals surface area (Å²) < 4.78 is 8.06. The molecule has 1 aliphatic heterocycles. The van der Waals surface area contributed by atoms with E-state index in [4.69, 9.17) is 4.74 Å². The van der Waals surface area contributed by atoms with Crippen LogP contribution in [0.25, 0.3) is 0 Å². The summed E-state index contributed by atoms with van der Waals surface area (Å²) in [6.07, 6.45) is 6.91. The molecule has 0 bridgehead atoms. The van der Waals surface area contributed by atoms with Gasteiger partial charge in [-0.25, -0.2) is 4.68 Å². The summed E-state index contributed by atoms with van der Waals surface area (Å²) in [5.41, 5.74) is 4.84. The Morgan fingerprint density at radius 3 is 2.57 bits per heavy atom. The SMILES string of the molecule is CN1CCC(Oc2cc(C3CCCC3)ccc2NC(=O)c2cc(NO)ccc2Sc2nnnn2C)CC1. The van der Waals surface area contributed by atoms with Crippen LogP contribution < -0.4 is 15.5 Å². The fourth-order valence-corrected chi connectivity index (χ4v) is 5.84. The van der Waals surface area contributed by atoms with Crippen molar-refractivity contribution < 1.29 is 14.7 Å². The molecule has 1 amide bonds. The third-order valence-electron chi connectivity index (χ3n) is 7.18. The summed E-state index contributed by atoms with van der Waals surface area (Å²) in [4.78, 5) is 16.6. The number of likely N-dealkylation sites (tertiary alicyclic amines) is 1. The zero-order valence-electron chi connectivity index (χ0n) is 21.2. The molecule has 0 spiro atoms. The van der Waals surface area contributed by atoms with Crippen LogP contribution in [0, 0.1) is 0 Å². The summed E-state index contributed by atoms with van der Waals surface area (Å²) in [5, 5.41) is 24.6. The number of hydrogen-bond acceptors (Lipinski definition) is 9. The second-order valence-corrected chi connectivity index (χ2v) is 10.8. The predicted octanol–water partition coefficient (Wildman–Crippen LogP) is 4.55. The van der Waals surface area contributed by atoms with E-state index in [1.165, 1.54) is 43.0 Å². The van der Waals surface area contributed by atoms with Crippen LogP contribution in [0.3, 0.4) is 0 Å². The highest BCUT2D eigenvalue weighted by Crippen LogP contribution is 2.39. The third-order valence-corrected chi connectivity index (χ3v) is 8.28. The van der Waals surface area contributed by atoms with Gasteiger partial charge in [0.1, 0.15) is 11.9 Å². The second kappa shape index (κ2) is 11.5. The van der Waals surface area contributed by atoms with Crippen LogP contribution in [-0.4, -0.2) is 62.5 Å². The maximum Gasteiger partial charge on any atom is 0.256 e. The monoisotopic (exact) mass is 523 g/mol. The minimum Gasteiger partial charge on any atom is -0.488 e. The molecule has 0 unspecified atom stereocenters. The predicted molar refractivity (Wildman–Crippen MR) is 142 cm³/mol. The maximum atomic E-state index is 13.6. The van der Waals surface area contributed by atoms with Crippen molar-refractivity contribution in [3.05, 3.63) is 47.5 Å². The van der Waals surface area contributed by atoms with Gasteiger partial charge in [0.25, 0.3) is 5.91 Å². The molecule has 3 N–H and O–H groups in total. The Morgan fingerprint density at radius 1 is 1.08 bits per heavy atom. The summed E-state index contributed by atoms with van der Waals surface area (Å²) >= 11 is 1.28. The largest absolute Gasteiger partial charge is 0.488 e. The molecule has 0 atom stereocenters. The van der Waals surface area contributed by atoms with Crippen LogP contribution in [0.4, 0.5) is 11.4 Å². The summed E-state index contributed by atoms with van der Waals surface area (Å²) in [6.45, 7) is 1.99. The summed E-state index contributed by atoms with van der Waals surface area (Å²) in [6, 6.07) is 11.2. The van der Waals surface area contributed by atoms with Gasteiger partial charge in [-0.15, -0.1) is 5.10 Å². The Morgan fingerprint density at radius 2 is 1.86 bits per heavy atom.